The number of amides is 1. The minimum absolute atomic E-state index is 0.186. The molecule has 5 rings (SSSR count). The van der Waals surface area contributed by atoms with Crippen LogP contribution in [0.2, 0.25) is 0 Å². The highest BCUT2D eigenvalue weighted by molar-refractivity contribution is 5.92. The molecule has 0 bridgehead atoms. The maximum atomic E-state index is 12.7. The predicted molar refractivity (Wildman–Crippen MR) is 132 cm³/mol. The van der Waals surface area contributed by atoms with E-state index in [2.05, 4.69) is 72.9 Å². The van der Waals surface area contributed by atoms with E-state index < -0.39 is 6.10 Å². The summed E-state index contributed by atoms with van der Waals surface area (Å²) in [5, 5.41) is 14.8. The van der Waals surface area contributed by atoms with Gasteiger partial charge in [-0.2, -0.15) is 0 Å². The van der Waals surface area contributed by atoms with Gasteiger partial charge in [-0.05, 0) is 24.7 Å². The van der Waals surface area contributed by atoms with Crippen LogP contribution in [0.4, 0.5) is 5.95 Å². The molecule has 3 aromatic rings. The Bertz CT molecular complexity index is 1170. The van der Waals surface area contributed by atoms with E-state index in [0.717, 1.165) is 45.7 Å². The topological polar surface area (TPSA) is 89.8 Å². The van der Waals surface area contributed by atoms with Gasteiger partial charge < -0.3 is 24.8 Å². The summed E-state index contributed by atoms with van der Waals surface area (Å²) in [5.41, 5.74) is 4.30. The van der Waals surface area contributed by atoms with Crippen LogP contribution in [0.15, 0.2) is 36.5 Å². The van der Waals surface area contributed by atoms with Crippen molar-refractivity contribution in [3.63, 3.8) is 0 Å². The van der Waals surface area contributed by atoms with Crippen LogP contribution in [0, 0.1) is 0 Å². The molecule has 1 atom stereocenters. The number of piperazine rings is 1. The first kappa shape index (κ1) is 22.8. The van der Waals surface area contributed by atoms with Crippen LogP contribution in [0.25, 0.3) is 10.9 Å². The molecule has 0 saturated carbocycles. The third kappa shape index (κ3) is 4.64. The Hall–Kier alpha value is -3.01. The molecule has 2 aliphatic heterocycles. The molecule has 1 amide bonds. The van der Waals surface area contributed by atoms with Crippen molar-refractivity contribution in [1.29, 1.82) is 0 Å². The summed E-state index contributed by atoms with van der Waals surface area (Å²) in [6.45, 7) is 5.98. The molecule has 180 valence electrons. The van der Waals surface area contributed by atoms with E-state index in [1.807, 2.05) is 0 Å². The lowest BCUT2D eigenvalue weighted by Gasteiger charge is -2.32. The summed E-state index contributed by atoms with van der Waals surface area (Å²) in [6, 6.07) is 10.1. The molecular weight excluding hydrogens is 430 g/mol. The van der Waals surface area contributed by atoms with E-state index in [4.69, 9.17) is 0 Å². The second-order valence-electron chi connectivity index (χ2n) is 9.38. The number of hydrogen-bond donors (Lipinski definition) is 2. The number of hydrogen-bond acceptors (Lipinski definition) is 7. The number of benzene rings is 1. The lowest BCUT2D eigenvalue weighted by molar-refractivity contribution is 0.0837. The van der Waals surface area contributed by atoms with Crippen molar-refractivity contribution in [3.8, 4) is 0 Å². The molecule has 2 aliphatic rings. The van der Waals surface area contributed by atoms with Crippen LogP contribution in [0.5, 0.6) is 0 Å². The Morgan fingerprint density at radius 2 is 1.91 bits per heavy atom. The fourth-order valence-electron chi connectivity index (χ4n) is 5.04. The number of aryl methyl sites for hydroxylation is 1. The van der Waals surface area contributed by atoms with E-state index >= 15 is 0 Å². The maximum absolute atomic E-state index is 12.7. The minimum atomic E-state index is -0.653. The second-order valence-corrected chi connectivity index (χ2v) is 9.38. The summed E-state index contributed by atoms with van der Waals surface area (Å²) in [4.78, 5) is 28.1. The number of fused-ring (bicyclic) bond motifs is 3. The normalized spacial score (nSPS) is 18.1. The van der Waals surface area contributed by atoms with E-state index in [9.17, 15) is 9.90 Å². The number of carbonyl (C=O) groups excluding carboxylic acids is 1. The summed E-state index contributed by atoms with van der Waals surface area (Å²) in [5.74, 6) is 0.298. The van der Waals surface area contributed by atoms with Crippen molar-refractivity contribution in [3.05, 3.63) is 53.5 Å². The molecule has 1 saturated heterocycles. The number of anilines is 1. The highest BCUT2D eigenvalue weighted by atomic mass is 16.3. The number of carbonyl (C=O) groups is 1. The van der Waals surface area contributed by atoms with Gasteiger partial charge in [0.1, 0.15) is 5.69 Å². The second kappa shape index (κ2) is 9.69. The number of aliphatic hydroxyl groups excluding tert-OH is 1. The lowest BCUT2D eigenvalue weighted by Crippen LogP contribution is -2.45. The smallest absolute Gasteiger partial charge is 0.270 e. The van der Waals surface area contributed by atoms with Gasteiger partial charge in [0.05, 0.1) is 6.10 Å². The summed E-state index contributed by atoms with van der Waals surface area (Å²) in [7, 11) is 4.22. The molecule has 2 N–H and O–H groups in total. The van der Waals surface area contributed by atoms with Gasteiger partial charge in [0.2, 0.25) is 5.95 Å². The molecular formula is C25H33N7O2. The summed E-state index contributed by atoms with van der Waals surface area (Å²) < 4.78 is 2.29. The first-order valence-electron chi connectivity index (χ1n) is 12.0. The largest absolute Gasteiger partial charge is 0.390 e. The van der Waals surface area contributed by atoms with Gasteiger partial charge >= 0.3 is 0 Å². The Morgan fingerprint density at radius 1 is 1.12 bits per heavy atom. The zero-order valence-corrected chi connectivity index (χ0v) is 19.9. The molecule has 34 heavy (non-hydrogen) atoms. The molecule has 1 unspecified atom stereocenters. The van der Waals surface area contributed by atoms with Gasteiger partial charge in [0.25, 0.3) is 5.91 Å². The van der Waals surface area contributed by atoms with Crippen LogP contribution < -0.4 is 10.2 Å². The number of nitrogens with one attached hydrogen (secondary N) is 1. The van der Waals surface area contributed by atoms with Crippen LogP contribution in [0.1, 0.15) is 21.7 Å². The molecule has 0 radical (unpaired) electrons. The molecule has 4 heterocycles. The number of nitrogens with zero attached hydrogens (tertiary/aromatic N) is 6. The number of rotatable bonds is 6. The highest BCUT2D eigenvalue weighted by Gasteiger charge is 2.24. The minimum Gasteiger partial charge on any atom is -0.390 e. The predicted octanol–water partition coefficient (Wildman–Crippen LogP) is 0.869. The van der Waals surface area contributed by atoms with Crippen molar-refractivity contribution >= 4 is 22.8 Å². The van der Waals surface area contributed by atoms with E-state index in [1.54, 1.807) is 12.3 Å². The Balaban J connectivity index is 1.16. The van der Waals surface area contributed by atoms with Gasteiger partial charge in [-0.1, -0.05) is 18.2 Å². The van der Waals surface area contributed by atoms with Gasteiger partial charge in [0, 0.05) is 88.6 Å². The lowest BCUT2D eigenvalue weighted by atomic mass is 10.0. The fourth-order valence-corrected chi connectivity index (χ4v) is 5.04. The zero-order chi connectivity index (χ0) is 23.7. The van der Waals surface area contributed by atoms with Crippen molar-refractivity contribution in [2.24, 2.45) is 7.05 Å². The Labute approximate surface area is 200 Å². The number of para-hydroxylation sites is 1. The van der Waals surface area contributed by atoms with Crippen LogP contribution >= 0.6 is 0 Å². The average Bonchev–Trinajstić information content (AvgIpc) is 3.14. The van der Waals surface area contributed by atoms with Gasteiger partial charge in [-0.15, -0.1) is 0 Å². The first-order chi connectivity index (χ1) is 16.5. The Morgan fingerprint density at radius 3 is 2.74 bits per heavy atom. The standard InChI is InChI=1S/C25H33N7O2/c1-29-11-13-32(14-12-29)25-26-9-7-21(28-25)24(34)27-15-18(33)16-31-10-8-23-20(17-31)19-5-3-4-6-22(19)30(23)2/h3-7,9,18,33H,8,10-17H2,1-2H3,(H,27,34). The number of aliphatic hydroxyl groups is 1. The maximum Gasteiger partial charge on any atom is 0.270 e. The Kier molecular flexibility index (Phi) is 6.49. The van der Waals surface area contributed by atoms with Gasteiger partial charge in [0.15, 0.2) is 0 Å². The SMILES string of the molecule is CN1CCN(c2nccc(C(=O)NCC(O)CN3CCc4c(c5ccccc5n4C)C3)n2)CC1. The molecule has 0 aliphatic carbocycles. The van der Waals surface area contributed by atoms with E-state index in [-0.39, 0.29) is 12.5 Å². The molecule has 0 spiro atoms. The highest BCUT2D eigenvalue weighted by Crippen LogP contribution is 2.29. The average molecular weight is 464 g/mol. The third-order valence-electron chi connectivity index (χ3n) is 7.02. The molecule has 1 fully saturated rings. The molecule has 2 aromatic heterocycles. The third-order valence-corrected chi connectivity index (χ3v) is 7.02. The van der Waals surface area contributed by atoms with Crippen LogP contribution in [-0.2, 0) is 20.0 Å². The summed E-state index contributed by atoms with van der Waals surface area (Å²) >= 11 is 0. The quantitative estimate of drug-likeness (QED) is 0.561. The van der Waals surface area contributed by atoms with E-state index in [0.29, 0.717) is 18.2 Å². The molecule has 9 nitrogen and oxygen atoms in total. The van der Waals surface area contributed by atoms with Crippen LogP contribution in [0.3, 0.4) is 0 Å². The zero-order valence-electron chi connectivity index (χ0n) is 19.9. The molecule has 1 aromatic carbocycles. The van der Waals surface area contributed by atoms with E-state index in [1.165, 1.54) is 22.2 Å². The molecule has 9 heteroatoms. The van der Waals surface area contributed by atoms with Gasteiger partial charge in [-0.25, -0.2) is 9.97 Å². The number of likely N-dealkylation sites (N-methyl/N-ethyl adjacent to an activating group) is 1. The summed E-state index contributed by atoms with van der Waals surface area (Å²) in [6.07, 6.45) is 1.93. The van der Waals surface area contributed by atoms with Crippen molar-refractivity contribution < 1.29 is 9.90 Å². The number of β-amino-alcohol motifs (C(OH)–C–C–N with tert-alkyl or cyclic N) is 1. The van der Waals surface area contributed by atoms with Crippen molar-refractivity contribution in [2.75, 3.05) is 57.8 Å². The fraction of sp³-hybridized carbons (Fsp3) is 0.480. The monoisotopic (exact) mass is 463 g/mol. The number of aromatic nitrogens is 3. The van der Waals surface area contributed by atoms with Crippen molar-refractivity contribution in [2.45, 2.75) is 19.1 Å². The van der Waals surface area contributed by atoms with Crippen LogP contribution in [-0.4, -0.2) is 94.3 Å². The van der Waals surface area contributed by atoms with Crippen molar-refractivity contribution in [1.82, 2.24) is 29.7 Å². The first-order valence-corrected chi connectivity index (χ1v) is 12.0. The van der Waals surface area contributed by atoms with Gasteiger partial charge in [-0.3, -0.25) is 9.69 Å².